The molecule has 2 aromatic heterocycles. The van der Waals surface area contributed by atoms with E-state index in [4.69, 9.17) is 23.2 Å². The molecule has 2 heterocycles. The van der Waals surface area contributed by atoms with Crippen molar-refractivity contribution in [3.8, 4) is 11.1 Å². The van der Waals surface area contributed by atoms with Crippen LogP contribution in [0.25, 0.3) is 22.0 Å². The van der Waals surface area contributed by atoms with E-state index in [0.717, 1.165) is 11.3 Å². The summed E-state index contributed by atoms with van der Waals surface area (Å²) in [5.74, 6) is 0.488. The van der Waals surface area contributed by atoms with Crippen LogP contribution in [0.4, 0.5) is 11.5 Å². The largest absolute Gasteiger partial charge is 0.360 e. The van der Waals surface area contributed by atoms with Gasteiger partial charge in [0.05, 0.1) is 10.9 Å². The standard InChI is InChI=1S/C20H13Cl2N3O/c21-13-3-1-12(2-4-13)16-11-24-17-9-10-23-20(18(17)19(16)26)25-15-7-5-14(22)6-8-15/h1-11H,(H,23,25)(H,24,26). The van der Waals surface area contributed by atoms with E-state index in [9.17, 15) is 4.79 Å². The van der Waals surface area contributed by atoms with Crippen molar-refractivity contribution in [3.63, 3.8) is 0 Å². The number of fused-ring (bicyclic) bond motifs is 1. The first kappa shape index (κ1) is 16.6. The third-order valence-corrected chi connectivity index (χ3v) is 4.56. The van der Waals surface area contributed by atoms with Gasteiger partial charge in [-0.05, 0) is 48.0 Å². The quantitative estimate of drug-likeness (QED) is 0.482. The molecule has 128 valence electrons. The van der Waals surface area contributed by atoms with Gasteiger partial charge in [0.15, 0.2) is 0 Å². The van der Waals surface area contributed by atoms with Crippen molar-refractivity contribution in [2.45, 2.75) is 0 Å². The molecule has 0 amide bonds. The van der Waals surface area contributed by atoms with Gasteiger partial charge in [-0.25, -0.2) is 4.98 Å². The molecule has 0 saturated carbocycles. The second kappa shape index (κ2) is 6.83. The molecule has 0 aliphatic carbocycles. The second-order valence-corrected chi connectivity index (χ2v) is 6.63. The van der Waals surface area contributed by atoms with Crippen LogP contribution in [-0.2, 0) is 0 Å². The Hall–Kier alpha value is -2.82. The topological polar surface area (TPSA) is 57.8 Å². The number of halogens is 2. The molecule has 26 heavy (non-hydrogen) atoms. The highest BCUT2D eigenvalue weighted by molar-refractivity contribution is 6.30. The molecular formula is C20H13Cl2N3O. The summed E-state index contributed by atoms with van der Waals surface area (Å²) in [6.45, 7) is 0. The molecule has 0 spiro atoms. The zero-order valence-corrected chi connectivity index (χ0v) is 15.0. The highest BCUT2D eigenvalue weighted by atomic mass is 35.5. The fraction of sp³-hybridized carbons (Fsp3) is 0. The first-order valence-electron chi connectivity index (χ1n) is 7.91. The molecule has 0 radical (unpaired) electrons. The molecule has 0 bridgehead atoms. The number of aromatic nitrogens is 2. The maximum atomic E-state index is 13.1. The average molecular weight is 382 g/mol. The molecule has 4 rings (SSSR count). The number of pyridine rings is 2. The smallest absolute Gasteiger partial charge is 0.200 e. The Balaban J connectivity index is 1.86. The summed E-state index contributed by atoms with van der Waals surface area (Å²) in [6.07, 6.45) is 3.36. The Morgan fingerprint density at radius 1 is 0.885 bits per heavy atom. The van der Waals surface area contributed by atoms with Crippen LogP contribution in [0.2, 0.25) is 10.0 Å². The Kier molecular flexibility index (Phi) is 4.37. The van der Waals surface area contributed by atoms with Crippen molar-refractivity contribution in [2.24, 2.45) is 0 Å². The molecule has 2 N–H and O–H groups in total. The van der Waals surface area contributed by atoms with Crippen LogP contribution in [0, 0.1) is 0 Å². The van der Waals surface area contributed by atoms with Crippen LogP contribution in [0.5, 0.6) is 0 Å². The van der Waals surface area contributed by atoms with Crippen LogP contribution in [0.3, 0.4) is 0 Å². The lowest BCUT2D eigenvalue weighted by Gasteiger charge is -2.10. The Morgan fingerprint density at radius 3 is 2.23 bits per heavy atom. The first-order valence-corrected chi connectivity index (χ1v) is 8.66. The summed E-state index contributed by atoms with van der Waals surface area (Å²) in [6, 6.07) is 16.2. The number of hydrogen-bond donors (Lipinski definition) is 2. The van der Waals surface area contributed by atoms with Gasteiger partial charge in [-0.1, -0.05) is 35.3 Å². The van der Waals surface area contributed by atoms with E-state index in [-0.39, 0.29) is 5.43 Å². The minimum atomic E-state index is -0.106. The molecule has 0 aliphatic rings. The minimum Gasteiger partial charge on any atom is -0.360 e. The van der Waals surface area contributed by atoms with Crippen LogP contribution in [-0.4, -0.2) is 9.97 Å². The first-order chi connectivity index (χ1) is 12.6. The van der Waals surface area contributed by atoms with Gasteiger partial charge in [0.1, 0.15) is 5.82 Å². The zero-order valence-electron chi connectivity index (χ0n) is 13.5. The van der Waals surface area contributed by atoms with Gasteiger partial charge in [-0.2, -0.15) is 0 Å². The van der Waals surface area contributed by atoms with Crippen molar-refractivity contribution in [2.75, 3.05) is 5.32 Å². The number of H-pyrrole nitrogens is 1. The van der Waals surface area contributed by atoms with Gasteiger partial charge in [0, 0.05) is 33.7 Å². The van der Waals surface area contributed by atoms with Crippen LogP contribution in [0.15, 0.2) is 71.8 Å². The van der Waals surface area contributed by atoms with Gasteiger partial charge in [-0.15, -0.1) is 0 Å². The number of anilines is 2. The minimum absolute atomic E-state index is 0.106. The van der Waals surface area contributed by atoms with Crippen LogP contribution < -0.4 is 10.7 Å². The maximum Gasteiger partial charge on any atom is 0.200 e. The number of aromatic amines is 1. The summed E-state index contributed by atoms with van der Waals surface area (Å²) in [5, 5.41) is 4.95. The Bertz CT molecular complexity index is 1140. The monoisotopic (exact) mass is 381 g/mol. The highest BCUT2D eigenvalue weighted by Gasteiger charge is 2.12. The Labute approximate surface area is 159 Å². The van der Waals surface area contributed by atoms with E-state index in [0.29, 0.717) is 32.3 Å². The average Bonchev–Trinajstić information content (AvgIpc) is 2.65. The second-order valence-electron chi connectivity index (χ2n) is 5.75. The van der Waals surface area contributed by atoms with E-state index in [2.05, 4.69) is 15.3 Å². The van der Waals surface area contributed by atoms with Gasteiger partial charge in [0.2, 0.25) is 5.43 Å². The lowest BCUT2D eigenvalue weighted by molar-refractivity contribution is 1.30. The molecule has 0 aliphatic heterocycles. The third kappa shape index (κ3) is 3.17. The van der Waals surface area contributed by atoms with Crippen molar-refractivity contribution >= 4 is 45.6 Å². The highest BCUT2D eigenvalue weighted by Crippen LogP contribution is 2.25. The van der Waals surface area contributed by atoms with Crippen LogP contribution >= 0.6 is 23.2 Å². The van der Waals surface area contributed by atoms with E-state index in [1.807, 2.05) is 24.3 Å². The number of nitrogens with zero attached hydrogens (tertiary/aromatic N) is 1. The Morgan fingerprint density at radius 2 is 1.54 bits per heavy atom. The van der Waals surface area contributed by atoms with Gasteiger partial charge in [-0.3, -0.25) is 4.79 Å². The van der Waals surface area contributed by atoms with Crippen molar-refractivity contribution in [3.05, 3.63) is 87.3 Å². The summed E-state index contributed by atoms with van der Waals surface area (Å²) in [5.41, 5.74) is 2.75. The van der Waals surface area contributed by atoms with E-state index in [1.54, 1.807) is 42.7 Å². The van der Waals surface area contributed by atoms with E-state index in [1.165, 1.54) is 0 Å². The van der Waals surface area contributed by atoms with Crippen LogP contribution in [0.1, 0.15) is 0 Å². The SMILES string of the molecule is O=c1c(-c2ccc(Cl)cc2)c[nH]c2ccnc(Nc3ccc(Cl)cc3)c12. The van der Waals surface area contributed by atoms with Gasteiger partial charge in [0.25, 0.3) is 0 Å². The number of nitrogens with one attached hydrogen (secondary N) is 2. The van der Waals surface area contributed by atoms with Crippen molar-refractivity contribution in [1.29, 1.82) is 0 Å². The van der Waals surface area contributed by atoms with Gasteiger partial charge < -0.3 is 10.3 Å². The molecule has 0 saturated heterocycles. The van der Waals surface area contributed by atoms with Gasteiger partial charge >= 0.3 is 0 Å². The predicted octanol–water partition coefficient (Wildman–Crippen LogP) is 5.64. The molecule has 0 atom stereocenters. The maximum absolute atomic E-state index is 13.1. The lowest BCUT2D eigenvalue weighted by atomic mass is 10.1. The summed E-state index contributed by atoms with van der Waals surface area (Å²) in [7, 11) is 0. The molecular weight excluding hydrogens is 369 g/mol. The number of hydrogen-bond acceptors (Lipinski definition) is 3. The molecule has 4 nitrogen and oxygen atoms in total. The molecule has 2 aromatic carbocycles. The van der Waals surface area contributed by atoms with Crippen molar-refractivity contribution in [1.82, 2.24) is 9.97 Å². The fourth-order valence-corrected chi connectivity index (χ4v) is 3.02. The molecule has 0 fully saturated rings. The molecule has 6 heteroatoms. The predicted molar refractivity (Wildman–Crippen MR) is 108 cm³/mol. The lowest BCUT2D eigenvalue weighted by Crippen LogP contribution is -2.09. The number of rotatable bonds is 3. The van der Waals surface area contributed by atoms with E-state index >= 15 is 0 Å². The fourth-order valence-electron chi connectivity index (χ4n) is 2.77. The number of benzene rings is 2. The normalized spacial score (nSPS) is 10.8. The molecule has 0 unspecified atom stereocenters. The summed E-state index contributed by atoms with van der Waals surface area (Å²) in [4.78, 5) is 20.6. The summed E-state index contributed by atoms with van der Waals surface area (Å²) >= 11 is 11.9. The summed E-state index contributed by atoms with van der Waals surface area (Å²) < 4.78 is 0. The zero-order chi connectivity index (χ0) is 18.1. The molecule has 4 aromatic rings. The van der Waals surface area contributed by atoms with Crippen molar-refractivity contribution < 1.29 is 0 Å². The van der Waals surface area contributed by atoms with E-state index < -0.39 is 0 Å². The third-order valence-electron chi connectivity index (χ3n) is 4.06.